The van der Waals surface area contributed by atoms with Crippen LogP contribution in [0.1, 0.15) is 41.2 Å². The number of carbonyl (C=O) groups is 3. The second-order valence-corrected chi connectivity index (χ2v) is 6.47. The van der Waals surface area contributed by atoms with Crippen molar-refractivity contribution >= 4 is 17.8 Å². The number of carbonyl (C=O) groups excluding carboxylic acids is 3. The maximum absolute atomic E-state index is 12.2. The smallest absolute Gasteiger partial charge is 0.339 e. The van der Waals surface area contributed by atoms with E-state index in [-0.39, 0.29) is 19.8 Å². The first-order valence-electron chi connectivity index (χ1n) is 9.49. The number of rotatable bonds is 8. The maximum atomic E-state index is 12.2. The average molecular weight is 401 g/mol. The number of hydrazine groups is 1. The van der Waals surface area contributed by atoms with Crippen LogP contribution in [0.15, 0.2) is 30.3 Å². The first-order chi connectivity index (χ1) is 13.8. The Morgan fingerprint density at radius 1 is 1.00 bits per heavy atom. The lowest BCUT2D eigenvalue weighted by Crippen LogP contribution is -2.45. The fourth-order valence-corrected chi connectivity index (χ4v) is 2.79. The van der Waals surface area contributed by atoms with Crippen LogP contribution in [0.4, 0.5) is 0 Å². The summed E-state index contributed by atoms with van der Waals surface area (Å²) < 4.78 is 12.1. The zero-order valence-corrected chi connectivity index (χ0v) is 17.2. The number of amides is 2. The van der Waals surface area contributed by atoms with Crippen LogP contribution in [0.5, 0.6) is 5.75 Å². The van der Waals surface area contributed by atoms with Gasteiger partial charge in [0.15, 0.2) is 6.61 Å². The molecule has 2 rings (SSSR count). The Hall–Kier alpha value is -3.29. The molecule has 8 heteroatoms. The molecule has 0 radical (unpaired) electrons. The standard InChI is InChI=1S/C21H27N3O5/c1-5-16-7-9-17(10-8-16)29-13-20(26)23-22-19(25)12-24-14(3)11-18(15(24)4)21(27)28-6-2/h7-11H,5-6,12-13H2,1-4H3,(H,22,25)(H,23,26). The van der Waals surface area contributed by atoms with Gasteiger partial charge in [0.1, 0.15) is 12.3 Å². The lowest BCUT2D eigenvalue weighted by Gasteiger charge is -2.12. The van der Waals surface area contributed by atoms with Crippen molar-refractivity contribution in [3.05, 3.63) is 52.8 Å². The van der Waals surface area contributed by atoms with Crippen LogP contribution in [-0.4, -0.2) is 35.6 Å². The summed E-state index contributed by atoms with van der Waals surface area (Å²) in [6, 6.07) is 9.13. The largest absolute Gasteiger partial charge is 0.484 e. The van der Waals surface area contributed by atoms with Gasteiger partial charge in [0.05, 0.1) is 12.2 Å². The molecule has 2 amide bonds. The molecule has 2 N–H and O–H groups in total. The molecule has 0 aliphatic carbocycles. The molecule has 0 spiro atoms. The molecule has 0 saturated carbocycles. The van der Waals surface area contributed by atoms with Crippen LogP contribution in [0.2, 0.25) is 0 Å². The molecule has 0 aliphatic heterocycles. The molecule has 2 aromatic rings. The second-order valence-electron chi connectivity index (χ2n) is 6.47. The van der Waals surface area contributed by atoms with Crippen molar-refractivity contribution in [2.75, 3.05) is 13.2 Å². The minimum atomic E-state index is -0.480. The Morgan fingerprint density at radius 2 is 1.66 bits per heavy atom. The van der Waals surface area contributed by atoms with E-state index in [0.717, 1.165) is 12.1 Å². The number of aryl methyl sites for hydroxylation is 2. The third-order valence-electron chi connectivity index (χ3n) is 4.41. The van der Waals surface area contributed by atoms with E-state index in [9.17, 15) is 14.4 Å². The summed E-state index contributed by atoms with van der Waals surface area (Å²) in [5, 5.41) is 0. The van der Waals surface area contributed by atoms with Gasteiger partial charge in [0.2, 0.25) is 0 Å². The van der Waals surface area contributed by atoms with Gasteiger partial charge in [-0.1, -0.05) is 19.1 Å². The zero-order valence-electron chi connectivity index (χ0n) is 17.2. The monoisotopic (exact) mass is 401 g/mol. The molecule has 0 atom stereocenters. The van der Waals surface area contributed by atoms with Gasteiger partial charge in [0.25, 0.3) is 11.8 Å². The SMILES string of the molecule is CCOC(=O)c1cc(C)n(CC(=O)NNC(=O)COc2ccc(CC)cc2)c1C. The molecular weight excluding hydrogens is 374 g/mol. The minimum absolute atomic E-state index is 0.0450. The normalized spacial score (nSPS) is 10.3. The van der Waals surface area contributed by atoms with E-state index < -0.39 is 17.8 Å². The quantitative estimate of drug-likeness (QED) is 0.521. The highest BCUT2D eigenvalue weighted by Gasteiger charge is 2.18. The maximum Gasteiger partial charge on any atom is 0.339 e. The van der Waals surface area contributed by atoms with Crippen LogP contribution in [-0.2, 0) is 27.3 Å². The molecule has 0 bridgehead atoms. The molecule has 1 aromatic carbocycles. The molecule has 0 fully saturated rings. The van der Waals surface area contributed by atoms with Crippen molar-refractivity contribution in [3.63, 3.8) is 0 Å². The van der Waals surface area contributed by atoms with Crippen LogP contribution in [0, 0.1) is 13.8 Å². The zero-order chi connectivity index (χ0) is 21.4. The van der Waals surface area contributed by atoms with Crippen molar-refractivity contribution < 1.29 is 23.9 Å². The van der Waals surface area contributed by atoms with Crippen LogP contribution in [0.25, 0.3) is 0 Å². The fourth-order valence-electron chi connectivity index (χ4n) is 2.79. The Bertz CT molecular complexity index is 871. The van der Waals surface area contributed by atoms with Crippen molar-refractivity contribution in [2.45, 2.75) is 40.7 Å². The lowest BCUT2D eigenvalue weighted by molar-refractivity contribution is -0.130. The number of hydrogen-bond acceptors (Lipinski definition) is 5. The third-order valence-corrected chi connectivity index (χ3v) is 4.41. The molecule has 29 heavy (non-hydrogen) atoms. The summed E-state index contributed by atoms with van der Waals surface area (Å²) in [5.41, 5.74) is 7.63. The van der Waals surface area contributed by atoms with E-state index in [1.165, 1.54) is 5.56 Å². The molecule has 0 unspecified atom stereocenters. The summed E-state index contributed by atoms with van der Waals surface area (Å²) >= 11 is 0. The summed E-state index contributed by atoms with van der Waals surface area (Å²) in [6.07, 6.45) is 0.925. The van der Waals surface area contributed by atoms with E-state index in [1.807, 2.05) is 12.1 Å². The molecule has 1 heterocycles. The van der Waals surface area contributed by atoms with Gasteiger partial charge in [-0.3, -0.25) is 20.4 Å². The van der Waals surface area contributed by atoms with Crippen molar-refractivity contribution in [1.29, 1.82) is 0 Å². The summed E-state index contributed by atoms with van der Waals surface area (Å²) in [6.45, 7) is 7.33. The highest BCUT2D eigenvalue weighted by Crippen LogP contribution is 2.16. The van der Waals surface area contributed by atoms with Gasteiger partial charge in [-0.05, 0) is 51.0 Å². The number of nitrogens with one attached hydrogen (secondary N) is 2. The van der Waals surface area contributed by atoms with Crippen molar-refractivity contribution in [3.8, 4) is 5.75 Å². The molecule has 0 aliphatic rings. The summed E-state index contributed by atoms with van der Waals surface area (Å²) in [7, 11) is 0. The molecule has 1 aromatic heterocycles. The van der Waals surface area contributed by atoms with E-state index in [2.05, 4.69) is 17.8 Å². The number of esters is 1. The summed E-state index contributed by atoms with van der Waals surface area (Å²) in [5.74, 6) is -0.757. The van der Waals surface area contributed by atoms with E-state index in [0.29, 0.717) is 17.0 Å². The molecular formula is C21H27N3O5. The van der Waals surface area contributed by atoms with Crippen molar-refractivity contribution in [1.82, 2.24) is 15.4 Å². The van der Waals surface area contributed by atoms with Crippen LogP contribution < -0.4 is 15.6 Å². The third kappa shape index (κ3) is 6.10. The number of nitrogens with zero attached hydrogens (tertiary/aromatic N) is 1. The Morgan fingerprint density at radius 3 is 2.28 bits per heavy atom. The molecule has 0 saturated heterocycles. The molecule has 156 valence electrons. The number of benzene rings is 1. The topological polar surface area (TPSA) is 98.7 Å². The van der Waals surface area contributed by atoms with Gasteiger partial charge in [-0.15, -0.1) is 0 Å². The first-order valence-corrected chi connectivity index (χ1v) is 9.49. The average Bonchev–Trinajstić information content (AvgIpc) is 2.99. The predicted molar refractivity (Wildman–Crippen MR) is 107 cm³/mol. The van der Waals surface area contributed by atoms with Gasteiger partial charge >= 0.3 is 5.97 Å². The Balaban J connectivity index is 1.83. The minimum Gasteiger partial charge on any atom is -0.484 e. The van der Waals surface area contributed by atoms with Gasteiger partial charge < -0.3 is 14.0 Å². The van der Waals surface area contributed by atoms with Gasteiger partial charge in [-0.25, -0.2) is 4.79 Å². The van der Waals surface area contributed by atoms with Gasteiger partial charge in [-0.2, -0.15) is 0 Å². The van der Waals surface area contributed by atoms with E-state index in [4.69, 9.17) is 9.47 Å². The van der Waals surface area contributed by atoms with Gasteiger partial charge in [0, 0.05) is 11.4 Å². The predicted octanol–water partition coefficient (Wildman–Crippen LogP) is 2.07. The first kappa shape index (κ1) is 22.0. The van der Waals surface area contributed by atoms with E-state index in [1.54, 1.807) is 43.5 Å². The Kier molecular flexibility index (Phi) is 7.82. The highest BCUT2D eigenvalue weighted by molar-refractivity contribution is 5.91. The molecule has 8 nitrogen and oxygen atoms in total. The van der Waals surface area contributed by atoms with Crippen LogP contribution >= 0.6 is 0 Å². The highest BCUT2D eigenvalue weighted by atomic mass is 16.5. The Labute approximate surface area is 170 Å². The number of aromatic nitrogens is 1. The second kappa shape index (κ2) is 10.3. The van der Waals surface area contributed by atoms with Crippen LogP contribution in [0.3, 0.4) is 0 Å². The summed E-state index contributed by atoms with van der Waals surface area (Å²) in [4.78, 5) is 36.0. The lowest BCUT2D eigenvalue weighted by atomic mass is 10.2. The fraction of sp³-hybridized carbons (Fsp3) is 0.381. The van der Waals surface area contributed by atoms with E-state index >= 15 is 0 Å². The van der Waals surface area contributed by atoms with Crippen molar-refractivity contribution in [2.24, 2.45) is 0 Å². The number of hydrogen-bond donors (Lipinski definition) is 2. The number of ether oxygens (including phenoxy) is 2.